The van der Waals surface area contributed by atoms with Crippen LogP contribution in [0.4, 0.5) is 0 Å². The van der Waals surface area contributed by atoms with Crippen LogP contribution in [0.5, 0.6) is 0 Å². The molecule has 51 valence electrons. The fourth-order valence-electron chi connectivity index (χ4n) is 0.944. The lowest BCUT2D eigenvalue weighted by atomic mass is 10.1. The topological polar surface area (TPSA) is 17.1 Å². The Morgan fingerprint density at radius 2 is 1.80 bits per heavy atom. The molecule has 1 rings (SSSR count). The van der Waals surface area contributed by atoms with Crippen LogP contribution in [-0.2, 0) is 0 Å². The Hall–Kier alpha value is -1.11. The Balaban J connectivity index is 3.30. The first-order chi connectivity index (χ1) is 4.75. The van der Waals surface area contributed by atoms with E-state index in [4.69, 9.17) is 0 Å². The van der Waals surface area contributed by atoms with E-state index in [1.807, 2.05) is 26.0 Å². The summed E-state index contributed by atoms with van der Waals surface area (Å²) in [6.07, 6.45) is 0.887. The Morgan fingerprint density at radius 3 is 2.10 bits per heavy atom. The normalized spacial score (nSPS) is 9.40. The van der Waals surface area contributed by atoms with Gasteiger partial charge in [-0.2, -0.15) is 0 Å². The largest absolute Gasteiger partial charge is 0.298 e. The molecule has 0 aliphatic heterocycles. The fourth-order valence-corrected chi connectivity index (χ4v) is 0.944. The number of rotatable bonds is 1. The van der Waals surface area contributed by atoms with Gasteiger partial charge in [0, 0.05) is 5.56 Å². The maximum atomic E-state index is 10.4. The molecule has 1 aromatic rings. The maximum Gasteiger partial charge on any atom is 0.150 e. The standard InChI is InChI=1S/C9H9O/c1-7-4-3-5-8(2)9(7)6-10/h4-6H,1-2H3. The second-order valence-electron chi connectivity index (χ2n) is 2.35. The minimum Gasteiger partial charge on any atom is -0.298 e. The number of carbonyl (C=O) groups is 1. The van der Waals surface area contributed by atoms with Crippen molar-refractivity contribution >= 4 is 6.29 Å². The summed E-state index contributed by atoms with van der Waals surface area (Å²) in [5.41, 5.74) is 2.78. The first-order valence-electron chi connectivity index (χ1n) is 3.18. The molecule has 10 heavy (non-hydrogen) atoms. The van der Waals surface area contributed by atoms with E-state index in [0.29, 0.717) is 0 Å². The number of hydrogen-bond donors (Lipinski definition) is 0. The average molecular weight is 133 g/mol. The van der Waals surface area contributed by atoms with E-state index in [9.17, 15) is 4.79 Å². The summed E-state index contributed by atoms with van der Waals surface area (Å²) in [6, 6.07) is 6.58. The van der Waals surface area contributed by atoms with Crippen molar-refractivity contribution < 1.29 is 4.79 Å². The van der Waals surface area contributed by atoms with Gasteiger partial charge in [-0.1, -0.05) is 12.1 Å². The molecule has 0 saturated carbocycles. The third-order valence-electron chi connectivity index (χ3n) is 1.57. The van der Waals surface area contributed by atoms with E-state index in [1.54, 1.807) is 0 Å². The number of aryl methyl sites for hydroxylation is 2. The minimum absolute atomic E-state index is 0.791. The van der Waals surface area contributed by atoms with Crippen molar-refractivity contribution in [2.75, 3.05) is 0 Å². The summed E-state index contributed by atoms with van der Waals surface area (Å²) in [6.45, 7) is 3.82. The third-order valence-corrected chi connectivity index (χ3v) is 1.57. The highest BCUT2D eigenvalue weighted by Gasteiger charge is 1.97. The van der Waals surface area contributed by atoms with E-state index in [2.05, 4.69) is 6.07 Å². The highest BCUT2D eigenvalue weighted by Crippen LogP contribution is 2.08. The van der Waals surface area contributed by atoms with Gasteiger partial charge in [0.1, 0.15) is 0 Å². The Kier molecular flexibility index (Phi) is 1.86. The van der Waals surface area contributed by atoms with Crippen molar-refractivity contribution in [2.45, 2.75) is 13.8 Å². The predicted molar refractivity (Wildman–Crippen MR) is 40.1 cm³/mol. The van der Waals surface area contributed by atoms with Crippen molar-refractivity contribution in [1.82, 2.24) is 0 Å². The average Bonchev–Trinajstić information content (AvgIpc) is 1.88. The van der Waals surface area contributed by atoms with Gasteiger partial charge in [0.15, 0.2) is 6.29 Å². The molecule has 0 amide bonds. The summed E-state index contributed by atoms with van der Waals surface area (Å²) in [4.78, 5) is 10.4. The molecule has 0 N–H and O–H groups in total. The van der Waals surface area contributed by atoms with Crippen LogP contribution in [0.15, 0.2) is 12.1 Å². The summed E-state index contributed by atoms with van der Waals surface area (Å²) in [5.74, 6) is 0. The van der Waals surface area contributed by atoms with Crippen LogP contribution in [-0.4, -0.2) is 6.29 Å². The maximum absolute atomic E-state index is 10.4. The summed E-state index contributed by atoms with van der Waals surface area (Å²) in [5, 5.41) is 0. The first-order valence-corrected chi connectivity index (χ1v) is 3.18. The lowest BCUT2D eigenvalue weighted by Gasteiger charge is -1.99. The zero-order valence-electron chi connectivity index (χ0n) is 6.14. The molecule has 0 aromatic heterocycles. The predicted octanol–water partition coefficient (Wildman–Crippen LogP) is 1.92. The molecule has 0 unspecified atom stereocenters. The third kappa shape index (κ3) is 1.08. The van der Waals surface area contributed by atoms with Crippen molar-refractivity contribution in [3.8, 4) is 0 Å². The van der Waals surface area contributed by atoms with Crippen LogP contribution >= 0.6 is 0 Å². The first kappa shape index (κ1) is 7.00. The molecular weight excluding hydrogens is 124 g/mol. The van der Waals surface area contributed by atoms with Crippen LogP contribution in [0.1, 0.15) is 21.5 Å². The van der Waals surface area contributed by atoms with Crippen LogP contribution in [0.3, 0.4) is 0 Å². The molecule has 0 atom stereocenters. The number of benzene rings is 1. The molecule has 1 nitrogen and oxygen atoms in total. The zero-order valence-corrected chi connectivity index (χ0v) is 6.14. The number of carbonyl (C=O) groups excluding carboxylic acids is 1. The quantitative estimate of drug-likeness (QED) is 0.535. The molecule has 0 spiro atoms. The van der Waals surface area contributed by atoms with Gasteiger partial charge >= 0.3 is 0 Å². The second kappa shape index (κ2) is 2.65. The summed E-state index contributed by atoms with van der Waals surface area (Å²) >= 11 is 0. The second-order valence-corrected chi connectivity index (χ2v) is 2.35. The molecule has 1 radical (unpaired) electrons. The minimum atomic E-state index is 0.791. The van der Waals surface area contributed by atoms with Crippen LogP contribution in [0.25, 0.3) is 0 Å². The van der Waals surface area contributed by atoms with E-state index in [0.717, 1.165) is 23.0 Å². The monoisotopic (exact) mass is 133 g/mol. The van der Waals surface area contributed by atoms with Crippen LogP contribution in [0.2, 0.25) is 0 Å². The molecule has 0 aliphatic rings. The Morgan fingerprint density at radius 1 is 1.30 bits per heavy atom. The van der Waals surface area contributed by atoms with Crippen molar-refractivity contribution in [3.05, 3.63) is 34.9 Å². The molecule has 0 fully saturated rings. The van der Waals surface area contributed by atoms with Crippen molar-refractivity contribution in [1.29, 1.82) is 0 Å². The molecule has 1 aromatic carbocycles. The van der Waals surface area contributed by atoms with Gasteiger partial charge in [0.2, 0.25) is 0 Å². The van der Waals surface area contributed by atoms with Crippen LogP contribution < -0.4 is 0 Å². The highest BCUT2D eigenvalue weighted by molar-refractivity contribution is 5.79. The summed E-state index contributed by atoms with van der Waals surface area (Å²) < 4.78 is 0. The Labute approximate surface area is 60.7 Å². The Bertz CT molecular complexity index is 231. The van der Waals surface area contributed by atoms with E-state index >= 15 is 0 Å². The number of aldehydes is 1. The van der Waals surface area contributed by atoms with Gasteiger partial charge in [-0.3, -0.25) is 4.79 Å². The molecule has 0 heterocycles. The van der Waals surface area contributed by atoms with Gasteiger partial charge < -0.3 is 0 Å². The van der Waals surface area contributed by atoms with Gasteiger partial charge in [-0.05, 0) is 31.0 Å². The fraction of sp³-hybridized carbons (Fsp3) is 0.222. The van der Waals surface area contributed by atoms with Gasteiger partial charge in [0.05, 0.1) is 0 Å². The van der Waals surface area contributed by atoms with E-state index in [1.165, 1.54) is 0 Å². The van der Waals surface area contributed by atoms with Crippen molar-refractivity contribution in [3.63, 3.8) is 0 Å². The lowest BCUT2D eigenvalue weighted by Crippen LogP contribution is -1.89. The summed E-state index contributed by atoms with van der Waals surface area (Å²) in [7, 11) is 0. The molecule has 1 heteroatoms. The molecule has 0 bridgehead atoms. The SMILES string of the molecule is Cc1c[c]cc(C)c1C=O. The van der Waals surface area contributed by atoms with Crippen molar-refractivity contribution in [2.24, 2.45) is 0 Å². The van der Waals surface area contributed by atoms with Gasteiger partial charge in [-0.25, -0.2) is 0 Å². The van der Waals surface area contributed by atoms with Gasteiger partial charge in [0.25, 0.3) is 0 Å². The highest BCUT2D eigenvalue weighted by atomic mass is 16.1. The van der Waals surface area contributed by atoms with E-state index in [-0.39, 0.29) is 0 Å². The van der Waals surface area contributed by atoms with Crippen LogP contribution in [0, 0.1) is 19.9 Å². The number of hydrogen-bond acceptors (Lipinski definition) is 1. The molecular formula is C9H9O. The zero-order chi connectivity index (χ0) is 7.56. The smallest absolute Gasteiger partial charge is 0.150 e. The molecule has 0 aliphatic carbocycles. The van der Waals surface area contributed by atoms with Gasteiger partial charge in [-0.15, -0.1) is 0 Å². The molecule has 0 saturated heterocycles. The van der Waals surface area contributed by atoms with E-state index < -0.39 is 0 Å². The lowest BCUT2D eigenvalue weighted by molar-refractivity contribution is 0.112.